The van der Waals surface area contributed by atoms with Crippen LogP contribution in [0, 0.1) is 0 Å². The molecule has 4 rings (SSSR count). The molecular weight excluding hydrogens is 365 g/mol. The van der Waals surface area contributed by atoms with Crippen LogP contribution in [0.3, 0.4) is 0 Å². The molecule has 134 valence electrons. The lowest BCUT2D eigenvalue weighted by molar-refractivity contribution is -0.257. The molecular formula is C17H13F3N4OS. The van der Waals surface area contributed by atoms with E-state index in [1.807, 2.05) is 12.3 Å². The summed E-state index contributed by atoms with van der Waals surface area (Å²) in [5.41, 5.74) is -0.966. The van der Waals surface area contributed by atoms with Gasteiger partial charge in [-0.3, -0.25) is 4.68 Å². The third-order valence-electron chi connectivity index (χ3n) is 4.18. The molecule has 0 aliphatic rings. The van der Waals surface area contributed by atoms with Gasteiger partial charge in [-0.25, -0.2) is 9.97 Å². The fraction of sp³-hybridized carbons (Fsp3) is 0.235. The molecule has 0 amide bonds. The number of alkyl halides is 3. The Kier molecular flexibility index (Phi) is 3.57. The van der Waals surface area contributed by atoms with Crippen LogP contribution in [0.15, 0.2) is 36.7 Å². The predicted molar refractivity (Wildman–Crippen MR) is 92.7 cm³/mol. The van der Waals surface area contributed by atoms with Crippen LogP contribution in [0.2, 0.25) is 0 Å². The van der Waals surface area contributed by atoms with Crippen LogP contribution < -0.4 is 0 Å². The van der Waals surface area contributed by atoms with Crippen LogP contribution in [-0.4, -0.2) is 31.0 Å². The van der Waals surface area contributed by atoms with Crippen LogP contribution in [0.5, 0.6) is 0 Å². The summed E-state index contributed by atoms with van der Waals surface area (Å²) in [7, 11) is 1.80. The smallest absolute Gasteiger partial charge is 0.376 e. The molecule has 0 saturated carbocycles. The maximum absolute atomic E-state index is 13.1. The van der Waals surface area contributed by atoms with E-state index in [-0.39, 0.29) is 4.88 Å². The van der Waals surface area contributed by atoms with Crippen molar-refractivity contribution < 1.29 is 18.3 Å². The third kappa shape index (κ3) is 2.63. The third-order valence-corrected chi connectivity index (χ3v) is 5.44. The Bertz CT molecular complexity index is 1130. The zero-order chi connectivity index (χ0) is 18.7. The van der Waals surface area contributed by atoms with Crippen molar-refractivity contribution in [3.8, 4) is 11.3 Å². The number of hydrogen-bond acceptors (Lipinski definition) is 5. The maximum Gasteiger partial charge on any atom is 0.421 e. The van der Waals surface area contributed by atoms with E-state index in [9.17, 15) is 18.3 Å². The van der Waals surface area contributed by atoms with Gasteiger partial charge in [0.25, 0.3) is 0 Å². The number of pyridine rings is 2. The number of nitrogens with zero attached hydrogens (tertiary/aromatic N) is 4. The number of rotatable bonds is 2. The SMILES string of the molecule is Cn1cc2cc(-c3ccc4cc([C@@](C)(O)C(F)(F)F)sc4n3)cnc2n1. The maximum atomic E-state index is 13.1. The fourth-order valence-electron chi connectivity index (χ4n) is 2.63. The lowest BCUT2D eigenvalue weighted by Gasteiger charge is -2.24. The van der Waals surface area contributed by atoms with Crippen LogP contribution >= 0.6 is 11.3 Å². The van der Waals surface area contributed by atoms with E-state index in [2.05, 4.69) is 15.1 Å². The molecule has 1 atom stereocenters. The monoisotopic (exact) mass is 378 g/mol. The van der Waals surface area contributed by atoms with E-state index in [0.717, 1.165) is 29.2 Å². The van der Waals surface area contributed by atoms with Crippen LogP contribution in [0.4, 0.5) is 13.2 Å². The van der Waals surface area contributed by atoms with Gasteiger partial charge in [-0.2, -0.15) is 18.3 Å². The number of thiophene rings is 1. The van der Waals surface area contributed by atoms with Gasteiger partial charge >= 0.3 is 6.18 Å². The first-order valence-electron chi connectivity index (χ1n) is 7.65. The Morgan fingerprint density at radius 2 is 1.92 bits per heavy atom. The molecule has 26 heavy (non-hydrogen) atoms. The van der Waals surface area contributed by atoms with Crippen molar-refractivity contribution in [2.75, 3.05) is 0 Å². The lowest BCUT2D eigenvalue weighted by Crippen LogP contribution is -2.38. The largest absolute Gasteiger partial charge is 0.421 e. The second kappa shape index (κ2) is 5.49. The number of aliphatic hydroxyl groups is 1. The standard InChI is InChI=1S/C17H13F3N4OS/c1-16(25,17(18,19)20)13-6-9-3-4-12(22-15(9)26-13)10-5-11-8-24(2)23-14(11)21-7-10/h3-8,25H,1-2H3/t16-/m1/s1. The van der Waals surface area contributed by atoms with Gasteiger partial charge in [-0.15, -0.1) is 11.3 Å². The van der Waals surface area contributed by atoms with E-state index in [1.165, 1.54) is 6.07 Å². The molecule has 0 aliphatic heterocycles. The number of hydrogen-bond donors (Lipinski definition) is 1. The van der Waals surface area contributed by atoms with E-state index in [4.69, 9.17) is 0 Å². The highest BCUT2D eigenvalue weighted by Gasteiger charge is 2.52. The minimum atomic E-state index is -4.76. The summed E-state index contributed by atoms with van der Waals surface area (Å²) in [6.45, 7) is 0.749. The van der Waals surface area contributed by atoms with Gasteiger partial charge in [-0.05, 0) is 31.2 Å². The molecule has 0 aliphatic carbocycles. The number of fused-ring (bicyclic) bond motifs is 2. The summed E-state index contributed by atoms with van der Waals surface area (Å²) < 4.78 is 40.8. The molecule has 0 saturated heterocycles. The normalized spacial score (nSPS) is 14.8. The van der Waals surface area contributed by atoms with Crippen molar-refractivity contribution in [3.05, 3.63) is 41.5 Å². The first-order chi connectivity index (χ1) is 12.1. The van der Waals surface area contributed by atoms with Crippen molar-refractivity contribution in [1.29, 1.82) is 0 Å². The Balaban J connectivity index is 1.79. The summed E-state index contributed by atoms with van der Waals surface area (Å²) in [4.78, 5) is 8.96. The summed E-state index contributed by atoms with van der Waals surface area (Å²) in [6.07, 6.45) is -1.30. The molecule has 1 N–H and O–H groups in total. The summed E-state index contributed by atoms with van der Waals surface area (Å²) >= 11 is 0.830. The van der Waals surface area contributed by atoms with Gasteiger partial charge < -0.3 is 5.11 Å². The quantitative estimate of drug-likeness (QED) is 0.572. The molecule has 4 aromatic heterocycles. The summed E-state index contributed by atoms with van der Waals surface area (Å²) in [5.74, 6) is 0. The van der Waals surface area contributed by atoms with Crippen molar-refractivity contribution >= 4 is 32.6 Å². The van der Waals surface area contributed by atoms with Crippen LogP contribution in [0.25, 0.3) is 32.5 Å². The first-order valence-corrected chi connectivity index (χ1v) is 8.47. The highest BCUT2D eigenvalue weighted by atomic mass is 32.1. The van der Waals surface area contributed by atoms with E-state index >= 15 is 0 Å². The van der Waals surface area contributed by atoms with E-state index < -0.39 is 11.8 Å². The molecule has 0 bridgehead atoms. The van der Waals surface area contributed by atoms with Crippen molar-refractivity contribution in [2.24, 2.45) is 7.05 Å². The summed E-state index contributed by atoms with van der Waals surface area (Å²) in [6, 6.07) is 6.62. The molecule has 0 radical (unpaired) electrons. The molecule has 4 heterocycles. The lowest BCUT2D eigenvalue weighted by atomic mass is 10.0. The van der Waals surface area contributed by atoms with Gasteiger partial charge in [0.15, 0.2) is 11.2 Å². The molecule has 0 fully saturated rings. The molecule has 0 aromatic carbocycles. The second-order valence-electron chi connectivity index (χ2n) is 6.21. The van der Waals surface area contributed by atoms with E-state index in [0.29, 0.717) is 21.6 Å². The van der Waals surface area contributed by atoms with Crippen molar-refractivity contribution in [1.82, 2.24) is 19.7 Å². The zero-order valence-electron chi connectivity index (χ0n) is 13.7. The van der Waals surface area contributed by atoms with Crippen molar-refractivity contribution in [3.63, 3.8) is 0 Å². The molecule has 9 heteroatoms. The van der Waals surface area contributed by atoms with Crippen LogP contribution in [0.1, 0.15) is 11.8 Å². The average Bonchev–Trinajstić information content (AvgIpc) is 3.14. The van der Waals surface area contributed by atoms with Gasteiger partial charge in [0.05, 0.1) is 5.69 Å². The fourth-order valence-corrected chi connectivity index (χ4v) is 3.73. The van der Waals surface area contributed by atoms with E-state index in [1.54, 1.807) is 30.1 Å². The highest BCUT2D eigenvalue weighted by molar-refractivity contribution is 7.18. The van der Waals surface area contributed by atoms with Gasteiger partial charge in [0, 0.05) is 40.7 Å². The Hall–Kier alpha value is -2.52. The first kappa shape index (κ1) is 16.9. The molecule has 5 nitrogen and oxygen atoms in total. The highest BCUT2D eigenvalue weighted by Crippen LogP contribution is 2.43. The van der Waals surface area contributed by atoms with Crippen LogP contribution in [-0.2, 0) is 12.6 Å². The molecule has 0 unspecified atom stereocenters. The summed E-state index contributed by atoms with van der Waals surface area (Å²) in [5, 5.41) is 15.5. The Labute approximate surface area is 149 Å². The van der Waals surface area contributed by atoms with Gasteiger partial charge in [0.2, 0.25) is 0 Å². The van der Waals surface area contributed by atoms with Crippen molar-refractivity contribution in [2.45, 2.75) is 18.7 Å². The average molecular weight is 378 g/mol. The number of aromatic nitrogens is 4. The number of aryl methyl sites for hydroxylation is 1. The predicted octanol–water partition coefficient (Wildman–Crippen LogP) is 4.01. The van der Waals surface area contributed by atoms with Gasteiger partial charge in [0.1, 0.15) is 4.83 Å². The van der Waals surface area contributed by atoms with Gasteiger partial charge in [-0.1, -0.05) is 0 Å². The number of halogens is 3. The topological polar surface area (TPSA) is 63.8 Å². The Morgan fingerprint density at radius 1 is 1.15 bits per heavy atom. The zero-order valence-corrected chi connectivity index (χ0v) is 14.6. The minimum absolute atomic E-state index is 0.189. The Morgan fingerprint density at radius 3 is 2.65 bits per heavy atom. The second-order valence-corrected chi connectivity index (χ2v) is 7.24. The molecule has 0 spiro atoms. The minimum Gasteiger partial charge on any atom is -0.376 e. The molecule has 4 aromatic rings.